The molecular formula is C8H8F2. The summed E-state index contributed by atoms with van der Waals surface area (Å²) in [5.41, 5.74) is 0.382. The van der Waals surface area contributed by atoms with Crippen molar-refractivity contribution in [2.45, 2.75) is 12.8 Å². The minimum absolute atomic E-state index is 0.0787. The first-order chi connectivity index (χ1) is 4.77. The van der Waals surface area contributed by atoms with Gasteiger partial charge >= 0.3 is 0 Å². The molecule has 2 rings (SSSR count). The maximum absolute atomic E-state index is 12.0. The Labute approximate surface area is 58.2 Å². The summed E-state index contributed by atoms with van der Waals surface area (Å²) >= 11 is 0. The number of fused-ring (bicyclic) bond motifs is 2. The summed E-state index contributed by atoms with van der Waals surface area (Å²) in [5, 5.41) is 0. The molecule has 0 radical (unpaired) electrons. The fraction of sp³-hybridized carbons (Fsp3) is 0.500. The predicted molar refractivity (Wildman–Crippen MR) is 34.6 cm³/mol. The molecule has 2 unspecified atom stereocenters. The summed E-state index contributed by atoms with van der Waals surface area (Å²) in [6, 6.07) is 0. The molecule has 10 heavy (non-hydrogen) atoms. The normalized spacial score (nSPS) is 35.6. The van der Waals surface area contributed by atoms with E-state index in [9.17, 15) is 8.78 Å². The molecule has 54 valence electrons. The van der Waals surface area contributed by atoms with Gasteiger partial charge in [0.25, 0.3) is 6.08 Å². The molecule has 0 nitrogen and oxygen atoms in total. The van der Waals surface area contributed by atoms with Gasteiger partial charge in [0.05, 0.1) is 0 Å². The van der Waals surface area contributed by atoms with Gasteiger partial charge in [-0.3, -0.25) is 0 Å². The topological polar surface area (TPSA) is 0 Å². The zero-order valence-electron chi connectivity index (χ0n) is 5.48. The smallest absolute Gasteiger partial charge is 0.173 e. The van der Waals surface area contributed by atoms with Crippen LogP contribution in [0.5, 0.6) is 0 Å². The lowest BCUT2D eigenvalue weighted by Gasteiger charge is -2.04. The molecule has 0 amide bonds. The number of hydrogen-bond donors (Lipinski definition) is 0. The Hall–Kier alpha value is -0.660. The van der Waals surface area contributed by atoms with Gasteiger partial charge < -0.3 is 0 Å². The fourth-order valence-electron chi connectivity index (χ4n) is 1.84. The molecule has 2 aliphatic rings. The first-order valence-electron chi connectivity index (χ1n) is 3.49. The van der Waals surface area contributed by atoms with Crippen LogP contribution in [-0.4, -0.2) is 0 Å². The molecule has 0 N–H and O–H groups in total. The highest BCUT2D eigenvalue weighted by atomic mass is 19.3. The Morgan fingerprint density at radius 2 is 2.20 bits per heavy atom. The quantitative estimate of drug-likeness (QED) is 0.456. The third-order valence-corrected chi connectivity index (χ3v) is 2.34. The van der Waals surface area contributed by atoms with Crippen LogP contribution >= 0.6 is 0 Å². The summed E-state index contributed by atoms with van der Waals surface area (Å²) in [6.45, 7) is 0. The number of rotatable bonds is 0. The van der Waals surface area contributed by atoms with Crippen LogP contribution in [0.3, 0.4) is 0 Å². The van der Waals surface area contributed by atoms with Crippen LogP contribution in [0.2, 0.25) is 0 Å². The third-order valence-electron chi connectivity index (χ3n) is 2.34. The van der Waals surface area contributed by atoms with Crippen molar-refractivity contribution in [1.82, 2.24) is 0 Å². The minimum atomic E-state index is -1.45. The van der Waals surface area contributed by atoms with Gasteiger partial charge in [-0.2, -0.15) is 8.78 Å². The monoisotopic (exact) mass is 142 g/mol. The van der Waals surface area contributed by atoms with E-state index in [0.717, 1.165) is 6.42 Å². The first-order valence-corrected chi connectivity index (χ1v) is 3.49. The lowest BCUT2D eigenvalue weighted by Crippen LogP contribution is -1.92. The van der Waals surface area contributed by atoms with Crippen molar-refractivity contribution >= 4 is 0 Å². The van der Waals surface area contributed by atoms with E-state index >= 15 is 0 Å². The molecule has 0 saturated heterocycles. The highest BCUT2D eigenvalue weighted by Crippen LogP contribution is 2.44. The zero-order chi connectivity index (χ0) is 7.14. The number of hydrogen-bond acceptors (Lipinski definition) is 0. The van der Waals surface area contributed by atoms with Crippen molar-refractivity contribution in [3.05, 3.63) is 23.8 Å². The first kappa shape index (κ1) is 6.08. The SMILES string of the molecule is FC(F)=C1CC2C=CC1C2. The van der Waals surface area contributed by atoms with Gasteiger partial charge in [0.2, 0.25) is 0 Å². The summed E-state index contributed by atoms with van der Waals surface area (Å²) in [7, 11) is 0. The molecular weight excluding hydrogens is 134 g/mol. The molecule has 2 aliphatic carbocycles. The Morgan fingerprint density at radius 3 is 2.50 bits per heavy atom. The Balaban J connectivity index is 2.32. The molecule has 0 aromatic carbocycles. The fourth-order valence-corrected chi connectivity index (χ4v) is 1.84. The van der Waals surface area contributed by atoms with Crippen molar-refractivity contribution in [3.8, 4) is 0 Å². The average molecular weight is 142 g/mol. The number of halogens is 2. The molecule has 0 spiro atoms. The van der Waals surface area contributed by atoms with E-state index < -0.39 is 6.08 Å². The van der Waals surface area contributed by atoms with E-state index in [-0.39, 0.29) is 5.92 Å². The van der Waals surface area contributed by atoms with Crippen LogP contribution in [-0.2, 0) is 0 Å². The summed E-state index contributed by atoms with van der Waals surface area (Å²) < 4.78 is 24.1. The second kappa shape index (κ2) is 1.91. The van der Waals surface area contributed by atoms with Crippen molar-refractivity contribution in [1.29, 1.82) is 0 Å². The lowest BCUT2D eigenvalue weighted by molar-refractivity contribution is 0.402. The van der Waals surface area contributed by atoms with Gasteiger partial charge in [-0.05, 0) is 18.8 Å². The van der Waals surface area contributed by atoms with Crippen molar-refractivity contribution in [3.63, 3.8) is 0 Å². The third kappa shape index (κ3) is 0.713. The summed E-state index contributed by atoms with van der Waals surface area (Å²) in [4.78, 5) is 0. The summed E-state index contributed by atoms with van der Waals surface area (Å²) in [5.74, 6) is 0.497. The van der Waals surface area contributed by atoms with Crippen LogP contribution < -0.4 is 0 Å². The standard InChI is InChI=1S/C8H8F2/c9-8(10)7-4-5-1-2-6(7)3-5/h1-2,5-6H,3-4H2. The molecule has 0 aromatic heterocycles. The molecule has 0 aromatic rings. The van der Waals surface area contributed by atoms with Crippen molar-refractivity contribution in [2.24, 2.45) is 11.8 Å². The van der Waals surface area contributed by atoms with Crippen molar-refractivity contribution in [2.75, 3.05) is 0 Å². The predicted octanol–water partition coefficient (Wildman–Crippen LogP) is 2.73. The van der Waals surface area contributed by atoms with Gasteiger partial charge in [0, 0.05) is 11.5 Å². The van der Waals surface area contributed by atoms with Crippen LogP contribution in [0.4, 0.5) is 8.78 Å². The maximum Gasteiger partial charge on any atom is 0.270 e. The van der Waals surface area contributed by atoms with Crippen LogP contribution in [0.1, 0.15) is 12.8 Å². The Bertz CT molecular complexity index is 211. The van der Waals surface area contributed by atoms with Gasteiger partial charge in [0.1, 0.15) is 0 Å². The van der Waals surface area contributed by atoms with E-state index in [1.807, 2.05) is 6.08 Å². The van der Waals surface area contributed by atoms with Crippen molar-refractivity contribution < 1.29 is 8.78 Å². The molecule has 2 heteroatoms. The molecule has 0 heterocycles. The number of allylic oxidation sites excluding steroid dienone is 3. The molecule has 2 bridgehead atoms. The van der Waals surface area contributed by atoms with E-state index in [2.05, 4.69) is 6.08 Å². The minimum Gasteiger partial charge on any atom is -0.173 e. The molecule has 1 saturated carbocycles. The van der Waals surface area contributed by atoms with Crippen LogP contribution in [0, 0.1) is 11.8 Å². The summed E-state index contributed by atoms with van der Waals surface area (Å²) in [6.07, 6.45) is 4.03. The largest absolute Gasteiger partial charge is 0.270 e. The Morgan fingerprint density at radius 1 is 1.40 bits per heavy atom. The highest BCUT2D eigenvalue weighted by Gasteiger charge is 2.33. The van der Waals surface area contributed by atoms with Gasteiger partial charge in [-0.15, -0.1) is 0 Å². The van der Waals surface area contributed by atoms with E-state index in [4.69, 9.17) is 0 Å². The van der Waals surface area contributed by atoms with Crippen LogP contribution in [0.25, 0.3) is 0 Å². The van der Waals surface area contributed by atoms with E-state index in [1.54, 1.807) is 0 Å². The zero-order valence-corrected chi connectivity index (χ0v) is 5.48. The van der Waals surface area contributed by atoms with E-state index in [0.29, 0.717) is 17.9 Å². The average Bonchev–Trinajstić information content (AvgIpc) is 2.44. The maximum atomic E-state index is 12.0. The lowest BCUT2D eigenvalue weighted by atomic mass is 10.0. The van der Waals surface area contributed by atoms with Gasteiger partial charge in [0.15, 0.2) is 0 Å². The van der Waals surface area contributed by atoms with Gasteiger partial charge in [-0.25, -0.2) is 0 Å². The van der Waals surface area contributed by atoms with Gasteiger partial charge in [-0.1, -0.05) is 12.2 Å². The second-order valence-electron chi connectivity index (χ2n) is 2.98. The molecule has 0 aliphatic heterocycles. The highest BCUT2D eigenvalue weighted by molar-refractivity contribution is 5.27. The van der Waals surface area contributed by atoms with Crippen LogP contribution in [0.15, 0.2) is 23.8 Å². The second-order valence-corrected chi connectivity index (χ2v) is 2.98. The Kier molecular flexibility index (Phi) is 1.16. The molecule has 2 atom stereocenters. The molecule has 1 fully saturated rings. The van der Waals surface area contributed by atoms with E-state index in [1.165, 1.54) is 0 Å².